The molecular weight excluding hydrogens is 346 g/mol. The highest BCUT2D eigenvalue weighted by Gasteiger charge is 2.36. The van der Waals surface area contributed by atoms with Gasteiger partial charge in [-0.05, 0) is 37.6 Å². The number of quaternary nitrogens is 1. The number of carbonyl (C=O) groups excluding carboxylic acids is 1. The van der Waals surface area contributed by atoms with Gasteiger partial charge in [0, 0.05) is 16.0 Å². The lowest BCUT2D eigenvalue weighted by molar-refractivity contribution is -0.873. The van der Waals surface area contributed by atoms with Crippen molar-refractivity contribution in [3.8, 4) is 0 Å². The van der Waals surface area contributed by atoms with Crippen LogP contribution in [-0.2, 0) is 4.74 Å². The number of likely N-dealkylation sites (N-methyl/N-ethyl adjacent to an activating group) is 1. The van der Waals surface area contributed by atoms with E-state index in [1.807, 2.05) is 51.5 Å². The summed E-state index contributed by atoms with van der Waals surface area (Å²) in [7, 11) is 6.13. The minimum atomic E-state index is -0.531. The second-order valence-electron chi connectivity index (χ2n) is 8.19. The van der Waals surface area contributed by atoms with Crippen molar-refractivity contribution in [1.82, 2.24) is 0 Å². The van der Waals surface area contributed by atoms with E-state index in [1.165, 1.54) is 5.57 Å². The summed E-state index contributed by atoms with van der Waals surface area (Å²) in [6.45, 7) is 5.03. The monoisotopic (exact) mass is 374 g/mol. The summed E-state index contributed by atoms with van der Waals surface area (Å²) in [6, 6.07) is 7.79. The summed E-state index contributed by atoms with van der Waals surface area (Å²) in [5.41, 5.74) is 3.90. The molecule has 1 aliphatic heterocycles. The summed E-state index contributed by atoms with van der Waals surface area (Å²) in [5, 5.41) is 10.3. The first-order chi connectivity index (χ1) is 12.2. The predicted octanol–water partition coefficient (Wildman–Crippen LogP) is 3.07. The normalized spacial score (nSPS) is 24.1. The van der Waals surface area contributed by atoms with E-state index in [9.17, 15) is 9.90 Å². The topological polar surface area (TPSA) is 46.5 Å². The molecule has 4 nitrogen and oxygen atoms in total. The van der Waals surface area contributed by atoms with Gasteiger partial charge in [-0.2, -0.15) is 0 Å². The van der Waals surface area contributed by atoms with Crippen molar-refractivity contribution in [2.45, 2.75) is 36.2 Å². The predicted molar refractivity (Wildman–Crippen MR) is 106 cm³/mol. The van der Waals surface area contributed by atoms with Gasteiger partial charge in [0.1, 0.15) is 12.6 Å². The number of hydrogen-bond acceptors (Lipinski definition) is 4. The number of rotatable bonds is 5. The maximum absolute atomic E-state index is 13.0. The molecule has 0 spiro atoms. The minimum absolute atomic E-state index is 0.0633. The van der Waals surface area contributed by atoms with Crippen LogP contribution in [0.25, 0.3) is 0 Å². The average molecular weight is 375 g/mol. The van der Waals surface area contributed by atoms with E-state index in [0.717, 1.165) is 21.6 Å². The quantitative estimate of drug-likeness (QED) is 0.636. The van der Waals surface area contributed by atoms with Gasteiger partial charge >= 0.3 is 0 Å². The van der Waals surface area contributed by atoms with E-state index in [2.05, 4.69) is 13.8 Å². The van der Waals surface area contributed by atoms with Gasteiger partial charge in [0.05, 0.1) is 39.1 Å². The number of hydrogen-bond donors (Lipinski definition) is 1. The third-order valence-corrected chi connectivity index (χ3v) is 6.37. The Labute approximate surface area is 160 Å². The highest BCUT2D eigenvalue weighted by Crippen LogP contribution is 2.45. The van der Waals surface area contributed by atoms with Crippen LogP contribution in [0.2, 0.25) is 0 Å². The van der Waals surface area contributed by atoms with Gasteiger partial charge in [-0.15, -0.1) is 11.8 Å². The van der Waals surface area contributed by atoms with E-state index in [4.69, 9.17) is 4.74 Å². The molecule has 0 saturated heterocycles. The van der Waals surface area contributed by atoms with Gasteiger partial charge in [-0.3, -0.25) is 4.79 Å². The lowest BCUT2D eigenvalue weighted by atomic mass is 9.86. The summed E-state index contributed by atoms with van der Waals surface area (Å²) in [6.07, 6.45) is 1.17. The van der Waals surface area contributed by atoms with Gasteiger partial charge in [0.2, 0.25) is 0 Å². The van der Waals surface area contributed by atoms with Crippen LogP contribution >= 0.6 is 11.8 Å². The number of thioether (sulfide) groups is 1. The first kappa shape index (κ1) is 19.4. The van der Waals surface area contributed by atoms with Gasteiger partial charge in [0.15, 0.2) is 5.78 Å². The zero-order chi connectivity index (χ0) is 19.1. The highest BCUT2D eigenvalue weighted by atomic mass is 32.2. The molecule has 0 saturated carbocycles. The smallest absolute Gasteiger partial charge is 0.191 e. The fourth-order valence-electron chi connectivity index (χ4n) is 3.50. The molecule has 1 aromatic carbocycles. The Kier molecular flexibility index (Phi) is 5.45. The Bertz CT molecular complexity index is 776. The van der Waals surface area contributed by atoms with Crippen LogP contribution in [0.5, 0.6) is 0 Å². The fraction of sp³-hybridized carbons (Fsp3) is 0.476. The summed E-state index contributed by atoms with van der Waals surface area (Å²) in [5.74, 6) is 0.0942. The summed E-state index contributed by atoms with van der Waals surface area (Å²) >= 11 is 1.74. The molecule has 0 aromatic heterocycles. The molecule has 1 N–H and O–H groups in total. The van der Waals surface area contributed by atoms with E-state index in [1.54, 1.807) is 11.8 Å². The molecule has 3 unspecified atom stereocenters. The third-order valence-electron chi connectivity index (χ3n) is 4.92. The minimum Gasteiger partial charge on any atom is -0.385 e. The number of aliphatic hydroxyl groups is 1. The van der Waals surface area contributed by atoms with Crippen molar-refractivity contribution in [3.05, 3.63) is 52.6 Å². The van der Waals surface area contributed by atoms with E-state index in [0.29, 0.717) is 11.0 Å². The van der Waals surface area contributed by atoms with Crippen molar-refractivity contribution >= 4 is 17.5 Å². The zero-order valence-electron chi connectivity index (χ0n) is 16.2. The van der Waals surface area contributed by atoms with Gasteiger partial charge < -0.3 is 14.3 Å². The van der Waals surface area contributed by atoms with Crippen LogP contribution < -0.4 is 0 Å². The molecule has 0 amide bonds. The van der Waals surface area contributed by atoms with Crippen molar-refractivity contribution in [2.24, 2.45) is 0 Å². The molecule has 140 valence electrons. The van der Waals surface area contributed by atoms with Crippen LogP contribution in [0.3, 0.4) is 0 Å². The Hall–Kier alpha value is -1.40. The third kappa shape index (κ3) is 3.96. The first-order valence-corrected chi connectivity index (χ1v) is 9.85. The number of carbonyl (C=O) groups is 1. The standard InChI is InChI=1S/C21H28NO3S/c1-13-14(2)21-17(20(24)16-8-6-7-9-19(16)26-21)10-18(13)25-12-15(23)11-22(3,4)5/h6-10,15,18,21,23H,11-12H2,1-5H3/q+1. The Balaban J connectivity index is 1.80. The van der Waals surface area contributed by atoms with Crippen LogP contribution in [0.1, 0.15) is 24.2 Å². The van der Waals surface area contributed by atoms with Gasteiger partial charge in [-0.1, -0.05) is 17.7 Å². The molecule has 1 aromatic rings. The number of ether oxygens (including phenoxy) is 1. The Morgan fingerprint density at radius 2 is 1.88 bits per heavy atom. The largest absolute Gasteiger partial charge is 0.385 e. The number of aliphatic hydroxyl groups excluding tert-OH is 1. The number of nitrogens with zero attached hydrogens (tertiary/aromatic N) is 1. The SMILES string of the molecule is CC1=C(C)C2Sc3ccccc3C(=O)C2=CC1OCC(O)C[N+](C)(C)C. The molecule has 1 aliphatic carbocycles. The Morgan fingerprint density at radius 3 is 2.58 bits per heavy atom. The van der Waals surface area contributed by atoms with Crippen molar-refractivity contribution in [3.63, 3.8) is 0 Å². The second kappa shape index (κ2) is 7.31. The number of ketones is 1. The molecule has 1 heterocycles. The molecule has 0 fully saturated rings. The summed E-state index contributed by atoms with van der Waals surface area (Å²) in [4.78, 5) is 14.0. The van der Waals surface area contributed by atoms with Crippen LogP contribution in [0, 0.1) is 0 Å². The Morgan fingerprint density at radius 1 is 1.19 bits per heavy atom. The molecule has 0 bridgehead atoms. The fourth-order valence-corrected chi connectivity index (χ4v) is 4.87. The van der Waals surface area contributed by atoms with E-state index in [-0.39, 0.29) is 23.7 Å². The lowest BCUT2D eigenvalue weighted by Crippen LogP contribution is -2.43. The molecule has 0 radical (unpaired) electrons. The molecular formula is C21H28NO3S+. The number of benzene rings is 1. The van der Waals surface area contributed by atoms with Gasteiger partial charge in [0.25, 0.3) is 0 Å². The van der Waals surface area contributed by atoms with Crippen LogP contribution in [0.4, 0.5) is 0 Å². The van der Waals surface area contributed by atoms with Crippen LogP contribution in [-0.4, -0.2) is 67.1 Å². The average Bonchev–Trinajstić information content (AvgIpc) is 2.56. The molecule has 3 atom stereocenters. The second-order valence-corrected chi connectivity index (χ2v) is 9.34. The molecule has 2 aliphatic rings. The van der Waals surface area contributed by atoms with E-state index < -0.39 is 6.10 Å². The molecule has 5 heteroatoms. The zero-order valence-corrected chi connectivity index (χ0v) is 17.0. The summed E-state index contributed by atoms with van der Waals surface area (Å²) < 4.78 is 6.68. The van der Waals surface area contributed by atoms with Crippen molar-refractivity contribution in [2.75, 3.05) is 34.3 Å². The van der Waals surface area contributed by atoms with Crippen molar-refractivity contribution in [1.29, 1.82) is 0 Å². The maximum Gasteiger partial charge on any atom is 0.191 e. The van der Waals surface area contributed by atoms with Gasteiger partial charge in [-0.25, -0.2) is 0 Å². The number of Topliss-reactive ketones (excluding diaryl/α,β-unsaturated/α-hetero) is 1. The van der Waals surface area contributed by atoms with E-state index >= 15 is 0 Å². The van der Waals surface area contributed by atoms with Crippen molar-refractivity contribution < 1.29 is 19.1 Å². The number of fused-ring (bicyclic) bond motifs is 2. The maximum atomic E-state index is 13.0. The van der Waals surface area contributed by atoms with Crippen LogP contribution in [0.15, 0.2) is 52.0 Å². The highest BCUT2D eigenvalue weighted by molar-refractivity contribution is 8.00. The molecule has 26 heavy (non-hydrogen) atoms. The lowest BCUT2D eigenvalue weighted by Gasteiger charge is -2.34. The molecule has 3 rings (SSSR count). The first-order valence-electron chi connectivity index (χ1n) is 8.97.